The van der Waals surface area contributed by atoms with E-state index in [9.17, 15) is 29.1 Å². The van der Waals surface area contributed by atoms with Gasteiger partial charge in [-0.3, -0.25) is 40.7 Å². The number of aromatic hydroxyl groups is 1. The Morgan fingerprint density at radius 1 is 0.861 bits per heavy atom. The molecule has 0 saturated carbocycles. The first kappa shape index (κ1) is 30.3. The SMILES string of the molecule is CC(C)C[C@H](NC(=O)[C@H](Cc1ccc(O)cc1)NC(=O)CNNC(=O)CNN)C(=O)N[C@@H](C)C(=O)O. The highest BCUT2D eigenvalue weighted by Gasteiger charge is 2.29. The molecule has 0 aliphatic rings. The van der Waals surface area contributed by atoms with Crippen LogP contribution in [0, 0.1) is 5.92 Å². The van der Waals surface area contributed by atoms with E-state index in [-0.39, 0.29) is 37.6 Å². The molecule has 3 atom stereocenters. The summed E-state index contributed by atoms with van der Waals surface area (Å²) in [5, 5.41) is 26.1. The van der Waals surface area contributed by atoms with Gasteiger partial charge in [0.2, 0.25) is 23.6 Å². The van der Waals surface area contributed by atoms with Gasteiger partial charge in [0, 0.05) is 6.42 Å². The fourth-order valence-electron chi connectivity index (χ4n) is 3.03. The van der Waals surface area contributed by atoms with Crippen LogP contribution in [0.15, 0.2) is 24.3 Å². The number of phenolic OH excluding ortho intramolecular Hbond substituents is 1. The molecule has 0 spiro atoms. The first-order valence-corrected chi connectivity index (χ1v) is 11.3. The average Bonchev–Trinajstić information content (AvgIpc) is 2.79. The van der Waals surface area contributed by atoms with E-state index in [0.717, 1.165) is 0 Å². The van der Waals surface area contributed by atoms with E-state index in [1.165, 1.54) is 19.1 Å². The highest BCUT2D eigenvalue weighted by molar-refractivity contribution is 5.93. The molecule has 0 radical (unpaired) electrons. The highest BCUT2D eigenvalue weighted by atomic mass is 16.4. The molecule has 0 unspecified atom stereocenters. The van der Waals surface area contributed by atoms with Crippen LogP contribution in [0.4, 0.5) is 0 Å². The van der Waals surface area contributed by atoms with Crippen LogP contribution in [0.5, 0.6) is 5.75 Å². The van der Waals surface area contributed by atoms with E-state index in [0.29, 0.717) is 5.56 Å². The van der Waals surface area contributed by atoms with Crippen molar-refractivity contribution in [3.05, 3.63) is 29.8 Å². The quantitative estimate of drug-likeness (QED) is 0.0901. The smallest absolute Gasteiger partial charge is 0.325 e. The summed E-state index contributed by atoms with van der Waals surface area (Å²) in [6.07, 6.45) is 0.259. The fourth-order valence-corrected chi connectivity index (χ4v) is 3.03. The van der Waals surface area contributed by atoms with Gasteiger partial charge in [0.25, 0.3) is 0 Å². The van der Waals surface area contributed by atoms with Crippen LogP contribution in [0.2, 0.25) is 0 Å². The number of hydrogen-bond donors (Lipinski definition) is 9. The number of aliphatic carboxylic acids is 1. The Kier molecular flexibility index (Phi) is 12.9. The number of nitrogens with one attached hydrogen (secondary N) is 6. The van der Waals surface area contributed by atoms with Crippen molar-refractivity contribution >= 4 is 29.6 Å². The van der Waals surface area contributed by atoms with Crippen molar-refractivity contribution in [2.24, 2.45) is 11.8 Å². The number of phenols is 1. The second kappa shape index (κ2) is 15.3. The molecule has 0 aliphatic heterocycles. The molecule has 0 saturated heterocycles. The zero-order chi connectivity index (χ0) is 27.3. The zero-order valence-corrected chi connectivity index (χ0v) is 20.5. The van der Waals surface area contributed by atoms with Gasteiger partial charge in [-0.1, -0.05) is 26.0 Å². The molecular weight excluding hydrogens is 474 g/mol. The number of nitrogens with two attached hydrogens (primary N) is 1. The summed E-state index contributed by atoms with van der Waals surface area (Å²) in [6, 6.07) is 2.69. The number of carbonyl (C=O) groups is 5. The van der Waals surface area contributed by atoms with Gasteiger partial charge in [0.1, 0.15) is 23.9 Å². The summed E-state index contributed by atoms with van der Waals surface area (Å²) >= 11 is 0. The van der Waals surface area contributed by atoms with Crippen molar-refractivity contribution in [2.45, 2.75) is 51.7 Å². The number of carbonyl (C=O) groups excluding carboxylic acids is 4. The minimum absolute atomic E-state index is 0.0119. The first-order valence-electron chi connectivity index (χ1n) is 11.3. The molecule has 200 valence electrons. The Hall–Kier alpha value is -3.75. The Labute approximate surface area is 208 Å². The van der Waals surface area contributed by atoms with Gasteiger partial charge in [-0.15, -0.1) is 0 Å². The Balaban J connectivity index is 2.97. The second-order valence-electron chi connectivity index (χ2n) is 8.53. The van der Waals surface area contributed by atoms with Crippen molar-refractivity contribution < 1.29 is 34.2 Å². The molecule has 36 heavy (non-hydrogen) atoms. The van der Waals surface area contributed by atoms with Gasteiger partial charge in [-0.25, -0.2) is 5.43 Å². The Morgan fingerprint density at radius 3 is 2.03 bits per heavy atom. The molecule has 0 aromatic heterocycles. The third-order valence-electron chi connectivity index (χ3n) is 4.84. The van der Waals surface area contributed by atoms with Gasteiger partial charge in [0.15, 0.2) is 0 Å². The second-order valence-corrected chi connectivity index (χ2v) is 8.53. The molecule has 1 aromatic rings. The summed E-state index contributed by atoms with van der Waals surface area (Å²) in [5.41, 5.74) is 7.43. The Bertz CT molecular complexity index is 909. The minimum atomic E-state index is -1.22. The topological polar surface area (TPSA) is 224 Å². The lowest BCUT2D eigenvalue weighted by molar-refractivity contribution is -0.142. The van der Waals surface area contributed by atoms with Crippen LogP contribution in [0.3, 0.4) is 0 Å². The van der Waals surface area contributed by atoms with Crippen LogP contribution >= 0.6 is 0 Å². The molecule has 0 fully saturated rings. The molecule has 1 rings (SSSR count). The molecule has 0 heterocycles. The summed E-state index contributed by atoms with van der Waals surface area (Å²) < 4.78 is 0. The van der Waals surface area contributed by atoms with Gasteiger partial charge in [-0.05, 0) is 37.0 Å². The van der Waals surface area contributed by atoms with E-state index in [4.69, 9.17) is 10.9 Å². The summed E-state index contributed by atoms with van der Waals surface area (Å²) in [5.74, 6) is 1.35. The molecule has 14 nitrogen and oxygen atoms in total. The van der Waals surface area contributed by atoms with Crippen LogP contribution < -0.4 is 38.1 Å². The number of hydrazine groups is 2. The van der Waals surface area contributed by atoms with E-state index in [1.807, 2.05) is 13.8 Å². The molecule has 0 bridgehead atoms. The molecule has 0 aliphatic carbocycles. The lowest BCUT2D eigenvalue weighted by Gasteiger charge is -2.25. The highest BCUT2D eigenvalue weighted by Crippen LogP contribution is 2.12. The summed E-state index contributed by atoms with van der Waals surface area (Å²) in [4.78, 5) is 60.8. The monoisotopic (exact) mass is 509 g/mol. The summed E-state index contributed by atoms with van der Waals surface area (Å²) in [6.45, 7) is 4.44. The number of carboxylic acid groups (broad SMARTS) is 1. The molecular formula is C22H35N7O7. The van der Waals surface area contributed by atoms with Crippen LogP contribution in [-0.2, 0) is 30.4 Å². The van der Waals surface area contributed by atoms with Crippen LogP contribution in [0.25, 0.3) is 0 Å². The van der Waals surface area contributed by atoms with E-state index in [2.05, 4.69) is 32.2 Å². The predicted octanol–water partition coefficient (Wildman–Crippen LogP) is -2.38. The van der Waals surface area contributed by atoms with Crippen LogP contribution in [0.1, 0.15) is 32.8 Å². The third kappa shape index (κ3) is 11.6. The first-order chi connectivity index (χ1) is 16.9. The van der Waals surface area contributed by atoms with Crippen molar-refractivity contribution in [2.75, 3.05) is 13.1 Å². The Morgan fingerprint density at radius 2 is 1.47 bits per heavy atom. The number of carboxylic acids is 1. The minimum Gasteiger partial charge on any atom is -0.508 e. The maximum atomic E-state index is 13.1. The molecule has 10 N–H and O–H groups in total. The third-order valence-corrected chi connectivity index (χ3v) is 4.84. The number of rotatable bonds is 15. The van der Waals surface area contributed by atoms with Crippen molar-refractivity contribution in [3.63, 3.8) is 0 Å². The normalized spacial score (nSPS) is 13.2. The number of hydrogen-bond acceptors (Lipinski definition) is 9. The molecule has 4 amide bonds. The van der Waals surface area contributed by atoms with Gasteiger partial charge < -0.3 is 26.2 Å². The van der Waals surface area contributed by atoms with Gasteiger partial charge in [0.05, 0.1) is 13.1 Å². The number of amides is 4. The van der Waals surface area contributed by atoms with Crippen molar-refractivity contribution in [3.8, 4) is 5.75 Å². The molecule has 14 heteroatoms. The van der Waals surface area contributed by atoms with E-state index < -0.39 is 47.7 Å². The van der Waals surface area contributed by atoms with E-state index >= 15 is 0 Å². The lowest BCUT2D eigenvalue weighted by Crippen LogP contribution is -2.57. The maximum Gasteiger partial charge on any atom is 0.325 e. The summed E-state index contributed by atoms with van der Waals surface area (Å²) in [7, 11) is 0. The van der Waals surface area contributed by atoms with Crippen LogP contribution in [-0.4, -0.2) is 71.0 Å². The average molecular weight is 510 g/mol. The standard InChI is InChI=1S/C22H35N7O7/c1-12(2)8-16(20(33)26-13(3)22(35)36)28-21(34)17(9-14-4-6-15(30)7-5-14)27-18(31)11-25-29-19(32)10-24-23/h4-7,12-13,16-17,24-25,30H,8-11,23H2,1-3H3,(H,26,33)(H,27,31)(H,28,34)(H,29,32)(H,35,36)/t13-,16-,17-/m0/s1. The molecule has 1 aromatic carbocycles. The van der Waals surface area contributed by atoms with E-state index in [1.54, 1.807) is 12.1 Å². The lowest BCUT2D eigenvalue weighted by atomic mass is 10.0. The maximum absolute atomic E-state index is 13.1. The predicted molar refractivity (Wildman–Crippen MR) is 129 cm³/mol. The van der Waals surface area contributed by atoms with Gasteiger partial charge >= 0.3 is 5.97 Å². The zero-order valence-electron chi connectivity index (χ0n) is 20.5. The largest absolute Gasteiger partial charge is 0.508 e. The van der Waals surface area contributed by atoms with Gasteiger partial charge in [-0.2, -0.15) is 0 Å². The fraction of sp³-hybridized carbons (Fsp3) is 0.500. The number of benzene rings is 1. The van der Waals surface area contributed by atoms with Crippen molar-refractivity contribution in [1.29, 1.82) is 0 Å². The van der Waals surface area contributed by atoms with Crippen molar-refractivity contribution in [1.82, 2.24) is 32.2 Å².